The maximum atomic E-state index is 13.1. The molecular weight excluding hydrogens is 388 g/mol. The Bertz CT molecular complexity index is 967. The summed E-state index contributed by atoms with van der Waals surface area (Å²) in [5, 5.41) is 4.79. The van der Waals surface area contributed by atoms with Gasteiger partial charge in [0.15, 0.2) is 5.78 Å². The van der Waals surface area contributed by atoms with Gasteiger partial charge in [-0.25, -0.2) is 4.68 Å². The molecule has 8 heteroatoms. The molecular formula is C18H11Cl2F3N2O. The van der Waals surface area contributed by atoms with Crippen LogP contribution >= 0.6 is 23.2 Å². The Morgan fingerprint density at radius 2 is 1.65 bits per heavy atom. The topological polar surface area (TPSA) is 34.9 Å². The van der Waals surface area contributed by atoms with Crippen molar-refractivity contribution in [3.05, 3.63) is 81.6 Å². The van der Waals surface area contributed by atoms with E-state index in [1.165, 1.54) is 23.0 Å². The first-order chi connectivity index (χ1) is 12.3. The number of para-hydroxylation sites is 1. The van der Waals surface area contributed by atoms with Crippen LogP contribution in [0.25, 0.3) is 5.69 Å². The zero-order valence-electron chi connectivity index (χ0n) is 13.1. The first kappa shape index (κ1) is 18.5. The van der Waals surface area contributed by atoms with Crippen LogP contribution in [0.4, 0.5) is 13.2 Å². The summed E-state index contributed by atoms with van der Waals surface area (Å²) in [4.78, 5) is 12.4. The van der Waals surface area contributed by atoms with Crippen LogP contribution in [0, 0.1) is 0 Å². The van der Waals surface area contributed by atoms with Gasteiger partial charge >= 0.3 is 6.18 Å². The third-order valence-corrected chi connectivity index (χ3v) is 4.34. The number of nitrogens with zero attached hydrogens (tertiary/aromatic N) is 2. The van der Waals surface area contributed by atoms with E-state index in [4.69, 9.17) is 23.2 Å². The lowest BCUT2D eigenvalue weighted by atomic mass is 10.0. The molecule has 0 saturated carbocycles. The van der Waals surface area contributed by atoms with Crippen molar-refractivity contribution in [1.29, 1.82) is 0 Å². The summed E-state index contributed by atoms with van der Waals surface area (Å²) >= 11 is 12.2. The zero-order chi connectivity index (χ0) is 18.9. The minimum Gasteiger partial charge on any atom is -0.294 e. The van der Waals surface area contributed by atoms with E-state index in [1.807, 2.05) is 0 Å². The first-order valence-electron chi connectivity index (χ1n) is 7.45. The first-order valence-corrected chi connectivity index (χ1v) is 8.21. The smallest absolute Gasteiger partial charge is 0.294 e. The molecule has 3 aromatic rings. The van der Waals surface area contributed by atoms with Crippen molar-refractivity contribution in [2.45, 2.75) is 12.6 Å². The Kier molecular flexibility index (Phi) is 5.07. The molecule has 3 nitrogen and oxygen atoms in total. The lowest BCUT2D eigenvalue weighted by Gasteiger charge is -2.11. The Morgan fingerprint density at radius 1 is 1.00 bits per heavy atom. The fourth-order valence-corrected chi connectivity index (χ4v) is 2.91. The molecule has 0 bridgehead atoms. The summed E-state index contributed by atoms with van der Waals surface area (Å²) in [6.45, 7) is 0. The van der Waals surface area contributed by atoms with Crippen molar-refractivity contribution in [1.82, 2.24) is 9.78 Å². The number of halogens is 5. The molecule has 0 atom stereocenters. The molecule has 0 aliphatic rings. The van der Waals surface area contributed by atoms with E-state index in [-0.39, 0.29) is 17.1 Å². The number of Topliss-reactive ketones (excluding diaryl/α,β-unsaturated/α-hetero) is 1. The van der Waals surface area contributed by atoms with E-state index < -0.39 is 23.1 Å². The molecule has 134 valence electrons. The van der Waals surface area contributed by atoms with Gasteiger partial charge < -0.3 is 0 Å². The second-order valence-corrected chi connectivity index (χ2v) is 6.28. The molecule has 0 aliphatic carbocycles. The van der Waals surface area contributed by atoms with Gasteiger partial charge in [-0.05, 0) is 18.2 Å². The lowest BCUT2D eigenvalue weighted by molar-refractivity contribution is -0.137. The quantitative estimate of drug-likeness (QED) is 0.534. The van der Waals surface area contributed by atoms with Gasteiger partial charge in [0, 0.05) is 11.8 Å². The fraction of sp³-hybridized carbons (Fsp3) is 0.111. The number of carbonyl (C=O) groups is 1. The Balaban J connectivity index is 1.92. The number of hydrogen-bond donors (Lipinski definition) is 0. The molecule has 0 saturated heterocycles. The van der Waals surface area contributed by atoms with Gasteiger partial charge in [0.1, 0.15) is 0 Å². The van der Waals surface area contributed by atoms with E-state index in [0.717, 1.165) is 12.1 Å². The Labute approximate surface area is 157 Å². The van der Waals surface area contributed by atoms with Crippen molar-refractivity contribution < 1.29 is 18.0 Å². The predicted octanol–water partition coefficient (Wildman–Crippen LogP) is 5.62. The van der Waals surface area contributed by atoms with Crippen LogP contribution < -0.4 is 0 Å². The maximum absolute atomic E-state index is 13.1. The van der Waals surface area contributed by atoms with Crippen molar-refractivity contribution in [2.24, 2.45) is 0 Å². The van der Waals surface area contributed by atoms with Crippen molar-refractivity contribution in [2.75, 3.05) is 0 Å². The molecule has 26 heavy (non-hydrogen) atoms. The van der Waals surface area contributed by atoms with Crippen LogP contribution in [0.2, 0.25) is 10.0 Å². The van der Waals surface area contributed by atoms with Crippen LogP contribution in [-0.2, 0) is 12.6 Å². The number of rotatable bonds is 4. The second kappa shape index (κ2) is 7.13. The predicted molar refractivity (Wildman–Crippen MR) is 93.1 cm³/mol. The Morgan fingerprint density at radius 3 is 2.35 bits per heavy atom. The van der Waals surface area contributed by atoms with E-state index >= 15 is 0 Å². The summed E-state index contributed by atoms with van der Waals surface area (Å²) in [6, 6.07) is 11.5. The van der Waals surface area contributed by atoms with Gasteiger partial charge in [-0.3, -0.25) is 4.79 Å². The highest BCUT2D eigenvalue weighted by Gasteiger charge is 2.34. The molecule has 1 heterocycles. The number of hydrogen-bond acceptors (Lipinski definition) is 2. The highest BCUT2D eigenvalue weighted by molar-refractivity contribution is 6.32. The highest BCUT2D eigenvalue weighted by Crippen LogP contribution is 2.32. The zero-order valence-corrected chi connectivity index (χ0v) is 14.6. The van der Waals surface area contributed by atoms with Gasteiger partial charge in [0.25, 0.3) is 0 Å². The minimum atomic E-state index is -4.62. The minimum absolute atomic E-state index is 0.169. The average molecular weight is 399 g/mol. The van der Waals surface area contributed by atoms with Gasteiger partial charge in [-0.15, -0.1) is 0 Å². The van der Waals surface area contributed by atoms with Gasteiger partial charge in [-0.1, -0.05) is 53.5 Å². The third-order valence-electron chi connectivity index (χ3n) is 3.70. The summed E-state index contributed by atoms with van der Waals surface area (Å²) in [5.74, 6) is -0.718. The van der Waals surface area contributed by atoms with E-state index in [1.54, 1.807) is 24.3 Å². The lowest BCUT2D eigenvalue weighted by Crippen LogP contribution is -2.14. The second-order valence-electron chi connectivity index (χ2n) is 5.46. The van der Waals surface area contributed by atoms with Crippen molar-refractivity contribution in [3.8, 4) is 5.69 Å². The third kappa shape index (κ3) is 3.76. The molecule has 0 aliphatic heterocycles. The van der Waals surface area contributed by atoms with Crippen LogP contribution in [0.5, 0.6) is 0 Å². The number of ketones is 1. The van der Waals surface area contributed by atoms with Crippen LogP contribution in [0.1, 0.15) is 21.6 Å². The van der Waals surface area contributed by atoms with Gasteiger partial charge in [0.2, 0.25) is 0 Å². The largest absolute Gasteiger partial charge is 0.417 e. The van der Waals surface area contributed by atoms with E-state index in [2.05, 4.69) is 5.10 Å². The highest BCUT2D eigenvalue weighted by atomic mass is 35.5. The van der Waals surface area contributed by atoms with E-state index in [9.17, 15) is 18.0 Å². The van der Waals surface area contributed by atoms with Crippen LogP contribution in [0.3, 0.4) is 0 Å². The molecule has 0 spiro atoms. The molecule has 0 N–H and O–H groups in total. The number of benzene rings is 2. The molecule has 0 amide bonds. The summed E-state index contributed by atoms with van der Waals surface area (Å²) < 4.78 is 40.6. The normalized spacial score (nSPS) is 11.6. The number of alkyl halides is 3. The molecule has 3 rings (SSSR count). The molecule has 2 aromatic carbocycles. The summed E-state index contributed by atoms with van der Waals surface area (Å²) in [6.07, 6.45) is -3.52. The standard InChI is InChI=1S/C18H11Cl2F3N2O/c19-13-7-3-4-8-16(13)25-10-14(20)15(24-25)9-17(26)11-5-1-2-6-12(11)18(21,22)23/h1-8,10H,9H2. The average Bonchev–Trinajstić information content (AvgIpc) is 2.95. The molecule has 0 radical (unpaired) electrons. The molecule has 0 fully saturated rings. The number of aromatic nitrogens is 2. The monoisotopic (exact) mass is 398 g/mol. The maximum Gasteiger partial charge on any atom is 0.417 e. The van der Waals surface area contributed by atoms with Gasteiger partial charge in [-0.2, -0.15) is 18.3 Å². The van der Waals surface area contributed by atoms with Crippen molar-refractivity contribution in [3.63, 3.8) is 0 Å². The Hall–Kier alpha value is -2.31. The van der Waals surface area contributed by atoms with Crippen LogP contribution in [-0.4, -0.2) is 15.6 Å². The van der Waals surface area contributed by atoms with Crippen molar-refractivity contribution >= 4 is 29.0 Å². The van der Waals surface area contributed by atoms with E-state index in [0.29, 0.717) is 10.7 Å². The number of carbonyl (C=O) groups excluding carboxylic acids is 1. The summed E-state index contributed by atoms with van der Waals surface area (Å²) in [7, 11) is 0. The fourth-order valence-electron chi connectivity index (χ4n) is 2.49. The van der Waals surface area contributed by atoms with Gasteiger partial charge in [0.05, 0.1) is 33.4 Å². The van der Waals surface area contributed by atoms with Crippen LogP contribution in [0.15, 0.2) is 54.7 Å². The molecule has 0 unspecified atom stereocenters. The molecule has 1 aromatic heterocycles. The summed E-state index contributed by atoms with van der Waals surface area (Å²) in [5.41, 5.74) is -0.672. The SMILES string of the molecule is O=C(Cc1nn(-c2ccccc2Cl)cc1Cl)c1ccccc1C(F)(F)F.